The van der Waals surface area contributed by atoms with E-state index >= 15 is 0 Å². The van der Waals surface area contributed by atoms with Gasteiger partial charge in [-0.15, -0.1) is 0 Å². The molecule has 7 nitrogen and oxygen atoms in total. The largest absolute Gasteiger partial charge is 0.488 e. The van der Waals surface area contributed by atoms with E-state index in [0.29, 0.717) is 43.5 Å². The van der Waals surface area contributed by atoms with Gasteiger partial charge in [0.1, 0.15) is 12.4 Å². The molecule has 178 valence electrons. The standard InChI is InChI=1S/C24H29F2N3O4/c1-28-20-5-3-17(25)13-18(20)21(31)14-24(28)6-8-29(9-7-24)23(32)27-15-16-2-4-19(26)22(12-16)33-11-10-30/h2-5,12-13,21,30-31H,6-11,14-15H2,1H3,(H,27,32). The molecule has 2 aromatic carbocycles. The van der Waals surface area contributed by atoms with Gasteiger partial charge in [0.15, 0.2) is 11.6 Å². The number of rotatable bonds is 5. The number of aliphatic hydroxyl groups excluding tert-OH is 2. The lowest BCUT2D eigenvalue weighted by Gasteiger charge is -2.52. The Bertz CT molecular complexity index is 1010. The quantitative estimate of drug-likeness (QED) is 0.638. The number of fused-ring (bicyclic) bond motifs is 1. The molecule has 0 aliphatic carbocycles. The number of nitrogens with zero attached hydrogens (tertiary/aromatic N) is 2. The molecule has 0 aromatic heterocycles. The van der Waals surface area contributed by atoms with E-state index in [1.807, 2.05) is 7.05 Å². The minimum Gasteiger partial charge on any atom is -0.488 e. The SMILES string of the molecule is CN1c2ccc(F)cc2C(O)CC12CCN(C(=O)NCc1ccc(F)c(OCCO)c1)CC2. The van der Waals surface area contributed by atoms with Gasteiger partial charge >= 0.3 is 6.03 Å². The van der Waals surface area contributed by atoms with Gasteiger partial charge in [-0.3, -0.25) is 0 Å². The van der Waals surface area contributed by atoms with Gasteiger partial charge in [0.25, 0.3) is 0 Å². The van der Waals surface area contributed by atoms with Gasteiger partial charge < -0.3 is 30.1 Å². The highest BCUT2D eigenvalue weighted by Gasteiger charge is 2.45. The summed E-state index contributed by atoms with van der Waals surface area (Å²) >= 11 is 0. The highest BCUT2D eigenvalue weighted by molar-refractivity contribution is 5.74. The second kappa shape index (κ2) is 9.52. The number of anilines is 1. The Balaban J connectivity index is 1.35. The summed E-state index contributed by atoms with van der Waals surface area (Å²) in [5.41, 5.74) is 1.82. The van der Waals surface area contributed by atoms with E-state index in [2.05, 4.69) is 10.2 Å². The van der Waals surface area contributed by atoms with Crippen LogP contribution in [0.25, 0.3) is 0 Å². The molecule has 2 amide bonds. The van der Waals surface area contributed by atoms with E-state index < -0.39 is 11.9 Å². The molecule has 1 fully saturated rings. The van der Waals surface area contributed by atoms with Crippen molar-refractivity contribution >= 4 is 11.7 Å². The Morgan fingerprint density at radius 3 is 2.70 bits per heavy atom. The van der Waals surface area contributed by atoms with Crippen LogP contribution >= 0.6 is 0 Å². The minimum atomic E-state index is -0.743. The van der Waals surface area contributed by atoms with E-state index in [9.17, 15) is 18.7 Å². The predicted molar refractivity (Wildman–Crippen MR) is 119 cm³/mol. The number of carbonyl (C=O) groups excluding carboxylic acids is 1. The van der Waals surface area contributed by atoms with Crippen molar-refractivity contribution in [3.63, 3.8) is 0 Å². The van der Waals surface area contributed by atoms with Crippen molar-refractivity contribution in [3.05, 3.63) is 59.2 Å². The van der Waals surface area contributed by atoms with Crippen LogP contribution in [-0.2, 0) is 6.54 Å². The monoisotopic (exact) mass is 461 g/mol. The number of ether oxygens (including phenoxy) is 1. The van der Waals surface area contributed by atoms with E-state index in [-0.39, 0.29) is 42.9 Å². The summed E-state index contributed by atoms with van der Waals surface area (Å²) in [4.78, 5) is 16.6. The molecule has 2 aromatic rings. The maximum Gasteiger partial charge on any atom is 0.317 e. The number of hydrogen-bond donors (Lipinski definition) is 3. The third-order valence-corrected chi connectivity index (χ3v) is 6.76. The van der Waals surface area contributed by atoms with Crippen molar-refractivity contribution in [1.82, 2.24) is 10.2 Å². The van der Waals surface area contributed by atoms with Crippen LogP contribution in [0.1, 0.15) is 36.5 Å². The van der Waals surface area contributed by atoms with E-state index in [0.717, 1.165) is 5.69 Å². The zero-order valence-corrected chi connectivity index (χ0v) is 18.6. The molecule has 1 spiro atoms. The number of piperidine rings is 1. The number of aliphatic hydroxyl groups is 2. The molecule has 33 heavy (non-hydrogen) atoms. The summed E-state index contributed by atoms with van der Waals surface area (Å²) in [7, 11) is 1.96. The summed E-state index contributed by atoms with van der Waals surface area (Å²) in [6.07, 6.45) is 1.11. The zero-order chi connectivity index (χ0) is 23.6. The second-order valence-corrected chi connectivity index (χ2v) is 8.69. The molecule has 1 saturated heterocycles. The van der Waals surface area contributed by atoms with E-state index in [1.165, 1.54) is 24.3 Å². The molecule has 0 saturated carbocycles. The first-order chi connectivity index (χ1) is 15.8. The van der Waals surface area contributed by atoms with Crippen LogP contribution in [0.2, 0.25) is 0 Å². The Labute approximate surface area is 191 Å². The normalized spacial score (nSPS) is 19.4. The van der Waals surface area contributed by atoms with Gasteiger partial charge in [-0.05, 0) is 48.7 Å². The fourth-order valence-electron chi connectivity index (χ4n) is 4.84. The topological polar surface area (TPSA) is 85.3 Å². The zero-order valence-electron chi connectivity index (χ0n) is 18.6. The van der Waals surface area contributed by atoms with Gasteiger partial charge in [-0.25, -0.2) is 13.6 Å². The van der Waals surface area contributed by atoms with Crippen molar-refractivity contribution in [2.75, 3.05) is 38.3 Å². The number of likely N-dealkylation sites (tertiary alicyclic amines) is 1. The van der Waals surface area contributed by atoms with Crippen molar-refractivity contribution in [2.24, 2.45) is 0 Å². The Kier molecular flexibility index (Phi) is 6.71. The second-order valence-electron chi connectivity index (χ2n) is 8.69. The molecule has 2 aliphatic rings. The van der Waals surface area contributed by atoms with E-state index in [1.54, 1.807) is 17.0 Å². The van der Waals surface area contributed by atoms with Crippen molar-refractivity contribution < 1.29 is 28.5 Å². The van der Waals surface area contributed by atoms with Crippen molar-refractivity contribution in [2.45, 2.75) is 37.5 Å². The smallest absolute Gasteiger partial charge is 0.317 e. The molecular weight excluding hydrogens is 432 g/mol. The molecule has 2 aliphatic heterocycles. The lowest BCUT2D eigenvalue weighted by Crippen LogP contribution is -2.58. The molecule has 2 heterocycles. The average molecular weight is 462 g/mol. The maximum atomic E-state index is 13.8. The number of halogens is 2. The summed E-state index contributed by atoms with van der Waals surface area (Å²) in [6.45, 7) is 1.03. The Hall–Kier alpha value is -2.91. The van der Waals surface area contributed by atoms with Gasteiger partial charge in [0, 0.05) is 49.9 Å². The van der Waals surface area contributed by atoms with Crippen LogP contribution in [0.3, 0.4) is 0 Å². The predicted octanol–water partition coefficient (Wildman–Crippen LogP) is 2.95. The molecule has 0 radical (unpaired) electrons. The van der Waals surface area contributed by atoms with E-state index in [4.69, 9.17) is 9.84 Å². The van der Waals surface area contributed by atoms with Gasteiger partial charge in [-0.2, -0.15) is 0 Å². The Morgan fingerprint density at radius 2 is 1.97 bits per heavy atom. The molecule has 1 unspecified atom stereocenters. The molecular formula is C24H29F2N3O4. The number of urea groups is 1. The number of carbonyl (C=O) groups is 1. The van der Waals surface area contributed by atoms with Gasteiger partial charge in [0.05, 0.1) is 12.7 Å². The number of nitrogens with one attached hydrogen (secondary N) is 1. The van der Waals surface area contributed by atoms with Crippen LogP contribution in [-0.4, -0.2) is 60.0 Å². The first kappa shape index (κ1) is 23.3. The first-order valence-electron chi connectivity index (χ1n) is 11.1. The summed E-state index contributed by atoms with van der Waals surface area (Å²) in [6, 6.07) is 8.64. The lowest BCUT2D eigenvalue weighted by atomic mass is 9.76. The van der Waals surface area contributed by atoms with Crippen LogP contribution in [0.4, 0.5) is 19.3 Å². The number of hydrogen-bond acceptors (Lipinski definition) is 5. The highest BCUT2D eigenvalue weighted by Crippen LogP contribution is 2.46. The molecule has 3 N–H and O–H groups in total. The first-order valence-corrected chi connectivity index (χ1v) is 11.1. The van der Waals surface area contributed by atoms with Crippen LogP contribution in [0.5, 0.6) is 5.75 Å². The molecule has 0 bridgehead atoms. The highest BCUT2D eigenvalue weighted by atomic mass is 19.1. The molecule has 9 heteroatoms. The summed E-state index contributed by atoms with van der Waals surface area (Å²) in [5.74, 6) is -0.852. The van der Waals surface area contributed by atoms with Crippen LogP contribution < -0.4 is 15.0 Å². The third kappa shape index (κ3) is 4.74. The number of benzene rings is 2. The maximum absolute atomic E-state index is 13.8. The van der Waals surface area contributed by atoms with Gasteiger partial charge in [0.2, 0.25) is 0 Å². The van der Waals surface area contributed by atoms with Crippen molar-refractivity contribution in [1.29, 1.82) is 0 Å². The third-order valence-electron chi connectivity index (χ3n) is 6.76. The summed E-state index contributed by atoms with van der Waals surface area (Å²) in [5, 5.41) is 22.4. The Morgan fingerprint density at radius 1 is 1.21 bits per heavy atom. The summed E-state index contributed by atoms with van der Waals surface area (Å²) < 4.78 is 32.6. The average Bonchev–Trinajstić information content (AvgIpc) is 2.81. The fourth-order valence-corrected chi connectivity index (χ4v) is 4.84. The lowest BCUT2D eigenvalue weighted by molar-refractivity contribution is 0.0852. The fraction of sp³-hybridized carbons (Fsp3) is 0.458. The van der Waals surface area contributed by atoms with Crippen LogP contribution in [0, 0.1) is 11.6 Å². The van der Waals surface area contributed by atoms with Gasteiger partial charge in [-0.1, -0.05) is 6.07 Å². The number of amides is 2. The van der Waals surface area contributed by atoms with Crippen molar-refractivity contribution in [3.8, 4) is 5.75 Å². The minimum absolute atomic E-state index is 0.00911. The molecule has 1 atom stereocenters. The van der Waals surface area contributed by atoms with Crippen LogP contribution in [0.15, 0.2) is 36.4 Å². The molecule has 4 rings (SSSR count).